The minimum absolute atomic E-state index is 0.351. The maximum absolute atomic E-state index is 8.70. The lowest BCUT2D eigenvalue weighted by molar-refractivity contribution is 1.03. The van der Waals surface area contributed by atoms with Crippen molar-refractivity contribution < 1.29 is 0 Å². The third-order valence-corrected chi connectivity index (χ3v) is 2.19. The number of pyridine rings is 1. The summed E-state index contributed by atoms with van der Waals surface area (Å²) >= 11 is 0. The summed E-state index contributed by atoms with van der Waals surface area (Å²) in [6.07, 6.45) is 3.36. The van der Waals surface area contributed by atoms with Crippen LogP contribution < -0.4 is 5.32 Å². The van der Waals surface area contributed by atoms with E-state index in [2.05, 4.69) is 20.3 Å². The van der Waals surface area contributed by atoms with Crippen LogP contribution in [0.2, 0.25) is 0 Å². The predicted molar refractivity (Wildman–Crippen MR) is 63.0 cm³/mol. The van der Waals surface area contributed by atoms with Crippen molar-refractivity contribution in [2.24, 2.45) is 0 Å². The lowest BCUT2D eigenvalue weighted by Gasteiger charge is -2.04. The molecule has 17 heavy (non-hydrogen) atoms. The lowest BCUT2D eigenvalue weighted by atomic mass is 10.2. The van der Waals surface area contributed by atoms with Crippen molar-refractivity contribution in [3.8, 4) is 6.07 Å². The maximum atomic E-state index is 8.70. The second kappa shape index (κ2) is 5.03. The highest BCUT2D eigenvalue weighted by Crippen LogP contribution is 2.04. The Kier molecular flexibility index (Phi) is 3.26. The summed E-state index contributed by atoms with van der Waals surface area (Å²) in [7, 11) is 0. The Morgan fingerprint density at radius 3 is 2.88 bits per heavy atom. The molecule has 2 rings (SSSR count). The standard InChI is InChI=1S/C12H11N5/c1-9-2-3-10(7-15-9)8-16-12-14-5-4-11(6-13)17-12/h2-5,7H,8H2,1H3,(H,14,16,17). The molecule has 0 fully saturated rings. The van der Waals surface area contributed by atoms with Crippen LogP contribution in [-0.2, 0) is 6.54 Å². The monoisotopic (exact) mass is 225 g/mol. The van der Waals surface area contributed by atoms with E-state index in [4.69, 9.17) is 5.26 Å². The largest absolute Gasteiger partial charge is 0.350 e. The zero-order valence-electron chi connectivity index (χ0n) is 9.38. The van der Waals surface area contributed by atoms with Gasteiger partial charge in [-0.1, -0.05) is 6.07 Å². The van der Waals surface area contributed by atoms with E-state index in [0.29, 0.717) is 18.2 Å². The second-order valence-corrected chi connectivity index (χ2v) is 3.54. The van der Waals surface area contributed by atoms with Gasteiger partial charge in [-0.15, -0.1) is 0 Å². The molecule has 0 aliphatic carbocycles. The summed E-state index contributed by atoms with van der Waals surface area (Å²) in [5.74, 6) is 0.449. The molecule has 0 aliphatic rings. The fraction of sp³-hybridized carbons (Fsp3) is 0.167. The Hall–Kier alpha value is -2.48. The predicted octanol–water partition coefficient (Wildman–Crippen LogP) is 1.66. The van der Waals surface area contributed by atoms with Gasteiger partial charge in [0.15, 0.2) is 0 Å². The normalized spacial score (nSPS) is 9.65. The van der Waals surface area contributed by atoms with Gasteiger partial charge < -0.3 is 5.32 Å². The maximum Gasteiger partial charge on any atom is 0.224 e. The summed E-state index contributed by atoms with van der Waals surface area (Å²) in [5, 5.41) is 11.7. The van der Waals surface area contributed by atoms with Gasteiger partial charge >= 0.3 is 0 Å². The molecule has 0 amide bonds. The highest BCUT2D eigenvalue weighted by molar-refractivity contribution is 5.31. The van der Waals surface area contributed by atoms with Crippen LogP contribution in [0.25, 0.3) is 0 Å². The van der Waals surface area contributed by atoms with E-state index < -0.39 is 0 Å². The van der Waals surface area contributed by atoms with Crippen molar-refractivity contribution in [2.75, 3.05) is 5.32 Å². The van der Waals surface area contributed by atoms with Crippen molar-refractivity contribution in [2.45, 2.75) is 13.5 Å². The van der Waals surface area contributed by atoms with Crippen LogP contribution >= 0.6 is 0 Å². The van der Waals surface area contributed by atoms with E-state index in [9.17, 15) is 0 Å². The average Bonchev–Trinajstić information content (AvgIpc) is 2.38. The van der Waals surface area contributed by atoms with Gasteiger partial charge in [-0.2, -0.15) is 5.26 Å². The number of nitrogens with zero attached hydrogens (tertiary/aromatic N) is 4. The molecule has 0 unspecified atom stereocenters. The fourth-order valence-electron chi connectivity index (χ4n) is 1.29. The molecule has 2 aromatic rings. The topological polar surface area (TPSA) is 74.5 Å². The molecule has 0 aromatic carbocycles. The van der Waals surface area contributed by atoms with E-state index in [0.717, 1.165) is 11.3 Å². The van der Waals surface area contributed by atoms with Gasteiger partial charge in [0.05, 0.1) is 0 Å². The van der Waals surface area contributed by atoms with Crippen LogP contribution in [0.3, 0.4) is 0 Å². The van der Waals surface area contributed by atoms with Crippen LogP contribution in [-0.4, -0.2) is 15.0 Å². The number of rotatable bonds is 3. The molecule has 0 aliphatic heterocycles. The summed E-state index contributed by atoms with van der Waals surface area (Å²) in [5.41, 5.74) is 2.38. The van der Waals surface area contributed by atoms with Gasteiger partial charge in [0, 0.05) is 24.6 Å². The first-order chi connectivity index (χ1) is 8.28. The first-order valence-corrected chi connectivity index (χ1v) is 5.16. The second-order valence-electron chi connectivity index (χ2n) is 3.54. The highest BCUT2D eigenvalue weighted by Gasteiger charge is 1.98. The van der Waals surface area contributed by atoms with Gasteiger partial charge in [0.25, 0.3) is 0 Å². The van der Waals surface area contributed by atoms with Gasteiger partial charge in [-0.3, -0.25) is 4.98 Å². The smallest absolute Gasteiger partial charge is 0.224 e. The minimum Gasteiger partial charge on any atom is -0.350 e. The van der Waals surface area contributed by atoms with E-state index in [-0.39, 0.29) is 0 Å². The number of aromatic nitrogens is 3. The van der Waals surface area contributed by atoms with Crippen molar-refractivity contribution in [1.82, 2.24) is 15.0 Å². The van der Waals surface area contributed by atoms with Crippen molar-refractivity contribution >= 4 is 5.95 Å². The summed E-state index contributed by atoms with van der Waals surface area (Å²) < 4.78 is 0. The molecule has 0 saturated carbocycles. The summed E-state index contributed by atoms with van der Waals surface area (Å²) in [6.45, 7) is 2.53. The molecule has 2 aromatic heterocycles. The summed E-state index contributed by atoms with van der Waals surface area (Å²) in [6, 6.07) is 7.48. The van der Waals surface area contributed by atoms with E-state index in [1.807, 2.05) is 25.1 Å². The molecule has 0 atom stereocenters. The number of aryl methyl sites for hydroxylation is 1. The van der Waals surface area contributed by atoms with Gasteiger partial charge in [-0.25, -0.2) is 9.97 Å². The molecule has 5 heteroatoms. The Bertz CT molecular complexity index is 542. The van der Waals surface area contributed by atoms with Crippen LogP contribution in [0.5, 0.6) is 0 Å². The molecular formula is C12H11N5. The minimum atomic E-state index is 0.351. The van der Waals surface area contributed by atoms with Crippen molar-refractivity contribution in [3.63, 3.8) is 0 Å². The number of nitrogens with one attached hydrogen (secondary N) is 1. The number of hydrogen-bond acceptors (Lipinski definition) is 5. The zero-order valence-corrected chi connectivity index (χ0v) is 9.38. The van der Waals surface area contributed by atoms with E-state index in [1.54, 1.807) is 18.5 Å². The van der Waals surface area contributed by atoms with Crippen LogP contribution in [0.4, 0.5) is 5.95 Å². The van der Waals surface area contributed by atoms with Gasteiger partial charge in [0.2, 0.25) is 5.95 Å². The third kappa shape index (κ3) is 2.98. The SMILES string of the molecule is Cc1ccc(CNc2nccc(C#N)n2)cn1. The van der Waals surface area contributed by atoms with Crippen LogP contribution in [0.15, 0.2) is 30.6 Å². The number of anilines is 1. The van der Waals surface area contributed by atoms with Gasteiger partial charge in [-0.05, 0) is 24.6 Å². The number of hydrogen-bond donors (Lipinski definition) is 1. The van der Waals surface area contributed by atoms with Gasteiger partial charge in [0.1, 0.15) is 11.8 Å². The molecule has 0 radical (unpaired) electrons. The Morgan fingerprint density at radius 2 is 2.18 bits per heavy atom. The zero-order chi connectivity index (χ0) is 12.1. The Labute approximate surface area is 99.2 Å². The first-order valence-electron chi connectivity index (χ1n) is 5.16. The van der Waals surface area contributed by atoms with E-state index >= 15 is 0 Å². The van der Waals surface area contributed by atoms with Crippen LogP contribution in [0, 0.1) is 18.3 Å². The molecule has 5 nitrogen and oxygen atoms in total. The molecular weight excluding hydrogens is 214 g/mol. The van der Waals surface area contributed by atoms with Crippen molar-refractivity contribution in [3.05, 3.63) is 47.5 Å². The van der Waals surface area contributed by atoms with Crippen molar-refractivity contribution in [1.29, 1.82) is 5.26 Å². The quantitative estimate of drug-likeness (QED) is 0.859. The summed E-state index contributed by atoms with van der Waals surface area (Å²) in [4.78, 5) is 12.2. The Morgan fingerprint density at radius 1 is 1.29 bits per heavy atom. The lowest BCUT2D eigenvalue weighted by Crippen LogP contribution is -2.04. The highest BCUT2D eigenvalue weighted by atomic mass is 15.1. The number of nitriles is 1. The molecule has 0 saturated heterocycles. The average molecular weight is 225 g/mol. The molecule has 0 spiro atoms. The first kappa shape index (κ1) is 11.0. The van der Waals surface area contributed by atoms with Crippen LogP contribution in [0.1, 0.15) is 17.0 Å². The molecule has 2 heterocycles. The molecule has 1 N–H and O–H groups in total. The molecule has 0 bridgehead atoms. The fourth-order valence-corrected chi connectivity index (χ4v) is 1.29. The molecule has 84 valence electrons. The van der Waals surface area contributed by atoms with E-state index in [1.165, 1.54) is 0 Å². The third-order valence-electron chi connectivity index (χ3n) is 2.19. The Balaban J connectivity index is 2.02.